The number of methoxy groups -OCH3 is 1. The minimum Gasteiger partial charge on any atom is -0.481 e. The highest BCUT2D eigenvalue weighted by Gasteiger charge is 2.27. The van der Waals surface area contributed by atoms with Crippen LogP contribution in [0, 0.1) is 5.82 Å². The fraction of sp³-hybridized carbons (Fsp3) is 0.550. The Morgan fingerprint density at radius 1 is 1.21 bits per heavy atom. The van der Waals surface area contributed by atoms with Crippen LogP contribution in [-0.4, -0.2) is 52.4 Å². The van der Waals surface area contributed by atoms with Crippen LogP contribution in [0.1, 0.15) is 55.2 Å². The minimum absolute atomic E-state index is 0.114. The van der Waals surface area contributed by atoms with Gasteiger partial charge in [0.25, 0.3) is 5.91 Å². The summed E-state index contributed by atoms with van der Waals surface area (Å²) in [7, 11) is 1.48. The molecular formula is C20H25FN4O3. The van der Waals surface area contributed by atoms with Crippen LogP contribution in [0.5, 0.6) is 5.88 Å². The molecule has 2 saturated heterocycles. The number of piperidine rings is 1. The molecule has 0 spiro atoms. The quantitative estimate of drug-likeness (QED) is 0.803. The zero-order chi connectivity index (χ0) is 19.5. The van der Waals surface area contributed by atoms with E-state index in [1.807, 2.05) is 4.90 Å². The molecule has 0 aromatic carbocycles. The second-order valence-electron chi connectivity index (χ2n) is 7.24. The van der Waals surface area contributed by atoms with E-state index >= 15 is 0 Å². The zero-order valence-corrected chi connectivity index (χ0v) is 16.1. The van der Waals surface area contributed by atoms with E-state index in [-0.39, 0.29) is 12.1 Å². The van der Waals surface area contributed by atoms with Crippen molar-refractivity contribution in [3.8, 4) is 17.1 Å². The molecule has 28 heavy (non-hydrogen) atoms. The predicted octanol–water partition coefficient (Wildman–Crippen LogP) is 3.42. The van der Waals surface area contributed by atoms with Crippen molar-refractivity contribution in [2.75, 3.05) is 26.8 Å². The van der Waals surface area contributed by atoms with Crippen molar-refractivity contribution >= 4 is 5.91 Å². The van der Waals surface area contributed by atoms with Crippen molar-refractivity contribution in [2.45, 2.75) is 44.8 Å². The molecule has 0 saturated carbocycles. The van der Waals surface area contributed by atoms with Gasteiger partial charge in [-0.3, -0.25) is 4.79 Å². The number of ether oxygens (including phenoxy) is 2. The molecule has 2 aliphatic rings. The lowest BCUT2D eigenvalue weighted by Crippen LogP contribution is -2.36. The molecule has 0 radical (unpaired) electrons. The molecule has 1 unspecified atom stereocenters. The number of carbonyl (C=O) groups is 1. The van der Waals surface area contributed by atoms with Gasteiger partial charge in [0, 0.05) is 31.3 Å². The van der Waals surface area contributed by atoms with Crippen molar-refractivity contribution in [2.24, 2.45) is 0 Å². The first-order chi connectivity index (χ1) is 13.7. The maximum absolute atomic E-state index is 14.6. The lowest BCUT2D eigenvalue weighted by Gasteiger charge is -2.26. The van der Waals surface area contributed by atoms with Crippen LogP contribution in [0.15, 0.2) is 18.3 Å². The number of rotatable bonds is 4. The Labute approximate surface area is 163 Å². The highest BCUT2D eigenvalue weighted by molar-refractivity contribution is 5.93. The van der Waals surface area contributed by atoms with Gasteiger partial charge >= 0.3 is 0 Å². The van der Waals surface area contributed by atoms with Crippen LogP contribution in [0.3, 0.4) is 0 Å². The van der Waals surface area contributed by atoms with E-state index in [4.69, 9.17) is 9.47 Å². The second-order valence-corrected chi connectivity index (χ2v) is 7.24. The molecule has 150 valence electrons. The van der Waals surface area contributed by atoms with E-state index in [1.165, 1.54) is 13.2 Å². The third-order valence-corrected chi connectivity index (χ3v) is 5.34. The molecule has 0 N–H and O–H groups in total. The molecule has 4 heterocycles. The highest BCUT2D eigenvalue weighted by Crippen LogP contribution is 2.32. The van der Waals surface area contributed by atoms with Gasteiger partial charge < -0.3 is 14.4 Å². The number of likely N-dealkylation sites (tertiary alicyclic amines) is 1. The van der Waals surface area contributed by atoms with E-state index < -0.39 is 5.82 Å². The van der Waals surface area contributed by atoms with Crippen LogP contribution in [-0.2, 0) is 4.74 Å². The van der Waals surface area contributed by atoms with Crippen molar-refractivity contribution in [3.63, 3.8) is 0 Å². The summed E-state index contributed by atoms with van der Waals surface area (Å²) >= 11 is 0. The summed E-state index contributed by atoms with van der Waals surface area (Å²) in [6.07, 6.45) is 6.72. The van der Waals surface area contributed by atoms with Crippen LogP contribution in [0.25, 0.3) is 11.3 Å². The van der Waals surface area contributed by atoms with Crippen LogP contribution in [0.4, 0.5) is 4.39 Å². The van der Waals surface area contributed by atoms with Gasteiger partial charge in [-0.25, -0.2) is 14.1 Å². The van der Waals surface area contributed by atoms with Crippen molar-refractivity contribution in [3.05, 3.63) is 29.8 Å². The lowest BCUT2D eigenvalue weighted by atomic mass is 10.1. The number of hydrogen-bond donors (Lipinski definition) is 0. The first-order valence-electron chi connectivity index (χ1n) is 9.87. The molecule has 2 aliphatic heterocycles. The molecule has 2 aromatic rings. The van der Waals surface area contributed by atoms with E-state index in [1.54, 1.807) is 10.7 Å². The van der Waals surface area contributed by atoms with Gasteiger partial charge in [0.1, 0.15) is 0 Å². The summed E-state index contributed by atoms with van der Waals surface area (Å²) in [5.41, 5.74) is 1.12. The summed E-state index contributed by atoms with van der Waals surface area (Å²) in [5, 5.41) is 4.55. The average molecular weight is 388 g/mol. The molecule has 0 bridgehead atoms. The van der Waals surface area contributed by atoms with Crippen LogP contribution >= 0.6 is 0 Å². The van der Waals surface area contributed by atoms with Gasteiger partial charge in [-0.05, 0) is 44.6 Å². The number of aromatic nitrogens is 3. The third-order valence-electron chi connectivity index (χ3n) is 5.34. The summed E-state index contributed by atoms with van der Waals surface area (Å²) < 4.78 is 27.3. The largest absolute Gasteiger partial charge is 0.481 e. The molecule has 1 amide bonds. The number of pyridine rings is 1. The molecule has 2 fully saturated rings. The van der Waals surface area contributed by atoms with Gasteiger partial charge in [-0.2, -0.15) is 5.10 Å². The predicted molar refractivity (Wildman–Crippen MR) is 101 cm³/mol. The smallest absolute Gasteiger partial charge is 0.274 e. The van der Waals surface area contributed by atoms with E-state index in [2.05, 4.69) is 10.1 Å². The number of hydrogen-bond acceptors (Lipinski definition) is 5. The second kappa shape index (κ2) is 8.26. The van der Waals surface area contributed by atoms with E-state index in [0.717, 1.165) is 57.8 Å². The summed E-state index contributed by atoms with van der Waals surface area (Å²) in [5.74, 6) is -0.302. The molecule has 0 aliphatic carbocycles. The lowest BCUT2D eigenvalue weighted by molar-refractivity contribution is -0.0385. The van der Waals surface area contributed by atoms with Crippen LogP contribution in [0.2, 0.25) is 0 Å². The Morgan fingerprint density at radius 3 is 2.75 bits per heavy atom. The SMILES string of the molecule is COc1cc(-c2cc(C(=O)N3CCCCC3)nn2C2CCCCO2)c(F)cn1. The van der Waals surface area contributed by atoms with Gasteiger partial charge in [-0.15, -0.1) is 0 Å². The van der Waals surface area contributed by atoms with Gasteiger partial charge in [0.2, 0.25) is 5.88 Å². The topological polar surface area (TPSA) is 69.5 Å². The summed E-state index contributed by atoms with van der Waals surface area (Å²) in [6.45, 7) is 2.10. The zero-order valence-electron chi connectivity index (χ0n) is 16.1. The maximum atomic E-state index is 14.6. The minimum atomic E-state index is -0.491. The maximum Gasteiger partial charge on any atom is 0.274 e. The highest BCUT2D eigenvalue weighted by atomic mass is 19.1. The van der Waals surface area contributed by atoms with Gasteiger partial charge in [0.15, 0.2) is 17.7 Å². The first kappa shape index (κ1) is 18.9. The summed E-state index contributed by atoms with van der Waals surface area (Å²) in [6, 6.07) is 3.19. The Balaban J connectivity index is 1.75. The molecular weight excluding hydrogens is 363 g/mol. The van der Waals surface area contributed by atoms with Gasteiger partial charge in [0.05, 0.1) is 19.0 Å². The first-order valence-corrected chi connectivity index (χ1v) is 9.87. The number of carbonyl (C=O) groups excluding carboxylic acids is 1. The summed E-state index contributed by atoms with van der Waals surface area (Å²) in [4.78, 5) is 18.7. The normalized spacial score (nSPS) is 20.2. The monoisotopic (exact) mass is 388 g/mol. The van der Waals surface area contributed by atoms with Crippen molar-refractivity contribution < 1.29 is 18.7 Å². The molecule has 2 aromatic heterocycles. The third kappa shape index (κ3) is 3.73. The molecule has 4 rings (SSSR count). The van der Waals surface area contributed by atoms with E-state index in [9.17, 15) is 9.18 Å². The van der Waals surface area contributed by atoms with Crippen molar-refractivity contribution in [1.29, 1.82) is 0 Å². The average Bonchev–Trinajstić information content (AvgIpc) is 3.20. The molecule has 7 nitrogen and oxygen atoms in total. The standard InChI is InChI=1S/C20H25FN4O3/c1-27-18-11-14(15(21)13-22-18)17-12-16(20(26)24-8-4-2-5-9-24)23-25(17)19-7-3-6-10-28-19/h11-13,19H,2-10H2,1H3. The number of halogens is 1. The fourth-order valence-corrected chi connectivity index (χ4v) is 3.82. The fourth-order valence-electron chi connectivity index (χ4n) is 3.82. The Morgan fingerprint density at radius 2 is 2.04 bits per heavy atom. The molecule has 8 heteroatoms. The van der Waals surface area contributed by atoms with E-state index in [0.29, 0.717) is 29.4 Å². The molecule has 1 atom stereocenters. The number of nitrogens with zero attached hydrogens (tertiary/aromatic N) is 4. The Hall–Kier alpha value is -2.48. The Bertz CT molecular complexity index is 842. The van der Waals surface area contributed by atoms with Crippen molar-refractivity contribution in [1.82, 2.24) is 19.7 Å². The number of amides is 1. The van der Waals surface area contributed by atoms with Crippen LogP contribution < -0.4 is 4.74 Å². The Kier molecular flexibility index (Phi) is 5.57. The van der Waals surface area contributed by atoms with Gasteiger partial charge in [-0.1, -0.05) is 0 Å².